The number of pyridine rings is 2. The van der Waals surface area contributed by atoms with Crippen LogP contribution in [0.4, 0.5) is 11.5 Å². The third kappa shape index (κ3) is 5.80. The molecular weight excluding hydrogens is 414 g/mol. The third-order valence-corrected chi connectivity index (χ3v) is 5.00. The summed E-state index contributed by atoms with van der Waals surface area (Å²) in [6.07, 6.45) is 1.88. The Balaban J connectivity index is 1.36. The van der Waals surface area contributed by atoms with Crippen LogP contribution in [0.25, 0.3) is 11.3 Å². The fraction of sp³-hybridized carbons (Fsp3) is 0.0769. The lowest BCUT2D eigenvalue weighted by molar-refractivity contribution is -0.120. The summed E-state index contributed by atoms with van der Waals surface area (Å²) in [6, 6.07) is 25.7. The lowest BCUT2D eigenvalue weighted by Gasteiger charge is -2.10. The molecule has 0 saturated heterocycles. The van der Waals surface area contributed by atoms with Crippen LogP contribution in [0.5, 0.6) is 0 Å². The molecular formula is C26H23N5O2. The second-order valence-electron chi connectivity index (χ2n) is 7.43. The van der Waals surface area contributed by atoms with Crippen molar-refractivity contribution in [3.8, 4) is 11.3 Å². The van der Waals surface area contributed by atoms with Crippen LogP contribution in [0.2, 0.25) is 0 Å². The maximum atomic E-state index is 12.7. The van der Waals surface area contributed by atoms with Crippen molar-refractivity contribution in [1.82, 2.24) is 15.3 Å². The monoisotopic (exact) mass is 437 g/mol. The largest absolute Gasteiger partial charge is 0.396 e. The first-order valence-electron chi connectivity index (χ1n) is 10.5. The van der Waals surface area contributed by atoms with Gasteiger partial charge in [0.1, 0.15) is 0 Å². The minimum Gasteiger partial charge on any atom is -0.396 e. The summed E-state index contributed by atoms with van der Waals surface area (Å²) in [5, 5.41) is 5.64. The van der Waals surface area contributed by atoms with Gasteiger partial charge in [-0.1, -0.05) is 48.5 Å². The summed E-state index contributed by atoms with van der Waals surface area (Å²) in [6.45, 7) is 0.362. The predicted molar refractivity (Wildman–Crippen MR) is 128 cm³/mol. The molecule has 2 amide bonds. The molecule has 0 saturated carbocycles. The lowest BCUT2D eigenvalue weighted by Crippen LogP contribution is -2.25. The highest BCUT2D eigenvalue weighted by Gasteiger charge is 2.11. The van der Waals surface area contributed by atoms with Crippen LogP contribution in [0.3, 0.4) is 0 Å². The average molecular weight is 438 g/mol. The number of nitrogen functional groups attached to an aromatic ring is 1. The molecule has 2 aromatic heterocycles. The molecule has 4 aromatic rings. The molecule has 0 aliphatic heterocycles. The fourth-order valence-corrected chi connectivity index (χ4v) is 3.22. The van der Waals surface area contributed by atoms with E-state index in [2.05, 4.69) is 20.6 Å². The summed E-state index contributed by atoms with van der Waals surface area (Å²) in [7, 11) is 0. The number of rotatable bonds is 7. The van der Waals surface area contributed by atoms with E-state index in [1.165, 1.54) is 0 Å². The topological polar surface area (TPSA) is 110 Å². The Morgan fingerprint density at radius 1 is 0.848 bits per heavy atom. The van der Waals surface area contributed by atoms with E-state index in [9.17, 15) is 9.59 Å². The van der Waals surface area contributed by atoms with Gasteiger partial charge in [-0.15, -0.1) is 0 Å². The number of aromatic nitrogens is 2. The summed E-state index contributed by atoms with van der Waals surface area (Å²) < 4.78 is 0. The van der Waals surface area contributed by atoms with Gasteiger partial charge in [0.15, 0.2) is 5.82 Å². The molecule has 2 heterocycles. The zero-order valence-corrected chi connectivity index (χ0v) is 17.9. The van der Waals surface area contributed by atoms with Gasteiger partial charge in [-0.3, -0.25) is 14.6 Å². The number of hydrogen-bond acceptors (Lipinski definition) is 5. The van der Waals surface area contributed by atoms with Gasteiger partial charge in [-0.05, 0) is 42.0 Å². The number of nitrogens with two attached hydrogens (primary N) is 1. The van der Waals surface area contributed by atoms with E-state index in [0.29, 0.717) is 29.3 Å². The van der Waals surface area contributed by atoms with Crippen LogP contribution >= 0.6 is 0 Å². The molecule has 0 atom stereocenters. The number of carbonyl (C=O) groups excluding carboxylic acids is 2. The van der Waals surface area contributed by atoms with E-state index < -0.39 is 0 Å². The summed E-state index contributed by atoms with van der Waals surface area (Å²) in [5.41, 5.74) is 10.1. The lowest BCUT2D eigenvalue weighted by atomic mass is 10.1. The van der Waals surface area contributed by atoms with Gasteiger partial charge in [0, 0.05) is 29.6 Å². The van der Waals surface area contributed by atoms with Crippen LogP contribution in [0.1, 0.15) is 21.6 Å². The molecule has 0 aliphatic carbocycles. The average Bonchev–Trinajstić information content (AvgIpc) is 2.85. The second kappa shape index (κ2) is 10.2. The number of benzene rings is 2. The predicted octanol–water partition coefficient (Wildman–Crippen LogP) is 3.84. The number of nitrogens with one attached hydrogen (secondary N) is 2. The highest BCUT2D eigenvalue weighted by Crippen LogP contribution is 2.23. The van der Waals surface area contributed by atoms with Crippen molar-refractivity contribution in [2.24, 2.45) is 0 Å². The molecule has 0 unspecified atom stereocenters. The van der Waals surface area contributed by atoms with E-state index >= 15 is 0 Å². The molecule has 33 heavy (non-hydrogen) atoms. The first-order valence-corrected chi connectivity index (χ1v) is 10.5. The number of anilines is 2. The normalized spacial score (nSPS) is 10.4. The van der Waals surface area contributed by atoms with Crippen molar-refractivity contribution < 1.29 is 9.59 Å². The molecule has 0 aliphatic rings. The van der Waals surface area contributed by atoms with Gasteiger partial charge < -0.3 is 16.4 Å². The highest BCUT2D eigenvalue weighted by molar-refractivity contribution is 6.05. The molecule has 0 fully saturated rings. The number of amides is 2. The maximum Gasteiger partial charge on any atom is 0.256 e. The van der Waals surface area contributed by atoms with E-state index in [-0.39, 0.29) is 18.2 Å². The molecule has 0 radical (unpaired) electrons. The number of carbonyl (C=O) groups is 2. The van der Waals surface area contributed by atoms with Gasteiger partial charge in [0.05, 0.1) is 17.8 Å². The van der Waals surface area contributed by atoms with E-state index in [1.807, 2.05) is 54.6 Å². The van der Waals surface area contributed by atoms with E-state index in [0.717, 1.165) is 16.8 Å². The summed E-state index contributed by atoms with van der Waals surface area (Å²) in [4.78, 5) is 33.5. The van der Waals surface area contributed by atoms with Crippen LogP contribution in [-0.2, 0) is 17.8 Å². The summed E-state index contributed by atoms with van der Waals surface area (Å²) in [5.74, 6) is -0.118. The second-order valence-corrected chi connectivity index (χ2v) is 7.43. The summed E-state index contributed by atoms with van der Waals surface area (Å²) >= 11 is 0. The molecule has 4 rings (SSSR count). The van der Waals surface area contributed by atoms with Gasteiger partial charge >= 0.3 is 0 Å². The zero-order valence-electron chi connectivity index (χ0n) is 17.9. The third-order valence-electron chi connectivity index (χ3n) is 5.00. The molecule has 0 spiro atoms. The minimum absolute atomic E-state index is 0.115. The Morgan fingerprint density at radius 2 is 1.61 bits per heavy atom. The molecule has 7 nitrogen and oxygen atoms in total. The van der Waals surface area contributed by atoms with Crippen molar-refractivity contribution in [2.45, 2.75) is 13.0 Å². The molecule has 2 aromatic carbocycles. The Morgan fingerprint density at radius 3 is 2.33 bits per heavy atom. The van der Waals surface area contributed by atoms with Crippen LogP contribution < -0.4 is 16.4 Å². The van der Waals surface area contributed by atoms with E-state index in [1.54, 1.807) is 36.5 Å². The Hall–Kier alpha value is -4.52. The Kier molecular flexibility index (Phi) is 6.70. The van der Waals surface area contributed by atoms with Gasteiger partial charge in [0.2, 0.25) is 5.91 Å². The quantitative estimate of drug-likeness (QED) is 0.407. The maximum absolute atomic E-state index is 12.7. The fourth-order valence-electron chi connectivity index (χ4n) is 3.22. The van der Waals surface area contributed by atoms with Crippen LogP contribution in [0, 0.1) is 0 Å². The minimum atomic E-state index is -0.315. The Labute approximate surface area is 191 Å². The first kappa shape index (κ1) is 21.7. The van der Waals surface area contributed by atoms with Gasteiger partial charge in [-0.25, -0.2) is 4.98 Å². The van der Waals surface area contributed by atoms with E-state index in [4.69, 9.17) is 5.73 Å². The zero-order chi connectivity index (χ0) is 23.0. The highest BCUT2D eigenvalue weighted by atomic mass is 16.2. The number of hydrogen-bond donors (Lipinski definition) is 3. The van der Waals surface area contributed by atoms with Crippen molar-refractivity contribution in [2.75, 3.05) is 11.1 Å². The van der Waals surface area contributed by atoms with Crippen LogP contribution in [0.15, 0.2) is 91.1 Å². The van der Waals surface area contributed by atoms with Gasteiger partial charge in [0.25, 0.3) is 5.91 Å². The number of nitrogens with zero attached hydrogens (tertiary/aromatic N) is 2. The smallest absolute Gasteiger partial charge is 0.256 e. The van der Waals surface area contributed by atoms with Crippen molar-refractivity contribution in [3.63, 3.8) is 0 Å². The first-order chi connectivity index (χ1) is 16.1. The van der Waals surface area contributed by atoms with Gasteiger partial charge in [-0.2, -0.15) is 0 Å². The Bertz CT molecular complexity index is 1240. The van der Waals surface area contributed by atoms with Crippen molar-refractivity contribution >= 4 is 23.3 Å². The van der Waals surface area contributed by atoms with Crippen molar-refractivity contribution in [3.05, 3.63) is 108 Å². The van der Waals surface area contributed by atoms with Crippen LogP contribution in [-0.4, -0.2) is 21.8 Å². The standard InChI is InChI=1S/C26H23N5O2/c27-22-13-14-23(19-6-2-1-3-7-19)30-25(22)31-26(33)20-11-9-18(10-12-20)17-29-24(32)16-21-8-4-5-15-28-21/h1-15H,16-17,27H2,(H,29,32)(H,30,31,33). The van der Waals surface area contributed by atoms with Crippen molar-refractivity contribution in [1.29, 1.82) is 0 Å². The molecule has 7 heteroatoms. The molecule has 164 valence electrons. The molecule has 0 bridgehead atoms. The molecule has 4 N–H and O–H groups in total. The SMILES string of the molecule is Nc1ccc(-c2ccccc2)nc1NC(=O)c1ccc(CNC(=O)Cc2ccccn2)cc1.